The summed E-state index contributed by atoms with van der Waals surface area (Å²) in [5.41, 5.74) is 0.646. The van der Waals surface area contributed by atoms with Gasteiger partial charge in [0.15, 0.2) is 0 Å². The third kappa shape index (κ3) is 3.92. The molecule has 1 aromatic heterocycles. The number of aromatic hydroxyl groups is 1. The van der Waals surface area contributed by atoms with Crippen LogP contribution in [-0.2, 0) is 0 Å². The molecule has 7 nitrogen and oxygen atoms in total. The normalized spacial score (nSPS) is 17.3. The van der Waals surface area contributed by atoms with Gasteiger partial charge in [-0.15, -0.1) is 0 Å². The Morgan fingerprint density at radius 2 is 1.47 bits per heavy atom. The fraction of sp³-hybridized carbons (Fsp3) is 0.391. The summed E-state index contributed by atoms with van der Waals surface area (Å²) in [4.78, 5) is 16.5. The third-order valence-electron chi connectivity index (χ3n) is 5.48. The van der Waals surface area contributed by atoms with Crippen LogP contribution in [0.1, 0.15) is 41.0 Å². The molecular formula is C23H29N5O2. The summed E-state index contributed by atoms with van der Waals surface area (Å²) in [6.45, 7) is 5.47. The summed E-state index contributed by atoms with van der Waals surface area (Å²) < 4.78 is 52.0. The van der Waals surface area contributed by atoms with Crippen molar-refractivity contribution >= 4 is 11.4 Å². The average molecular weight is 420 g/mol. The molecule has 2 heterocycles. The van der Waals surface area contributed by atoms with Crippen LogP contribution in [0.15, 0.2) is 59.5 Å². The van der Waals surface area contributed by atoms with Gasteiger partial charge in [0.2, 0.25) is 0 Å². The predicted octanol–water partition coefficient (Wildman–Crippen LogP) is 3.43. The molecule has 0 aliphatic carbocycles. The Morgan fingerprint density at radius 1 is 0.933 bits per heavy atom. The fourth-order valence-corrected chi connectivity index (χ4v) is 3.68. The van der Waals surface area contributed by atoms with Crippen LogP contribution in [0.5, 0.6) is 5.75 Å². The zero-order valence-electron chi connectivity index (χ0n) is 23.1. The van der Waals surface area contributed by atoms with Crippen molar-refractivity contribution < 1.29 is 13.3 Å². The van der Waals surface area contributed by atoms with E-state index in [9.17, 15) is 9.90 Å². The molecule has 7 heteroatoms. The van der Waals surface area contributed by atoms with E-state index in [1.54, 1.807) is 17.0 Å². The topological polar surface area (TPSA) is 66.5 Å². The molecule has 3 aromatic rings. The Balaban J connectivity index is 1.58. The van der Waals surface area contributed by atoms with Crippen LogP contribution < -0.4 is 15.5 Å². The number of hydrogen-bond donors (Lipinski definition) is 1. The molecule has 1 N–H and O–H groups in total. The average Bonchev–Trinajstić information content (AvgIpc) is 3.24. The molecule has 0 saturated carbocycles. The van der Waals surface area contributed by atoms with Gasteiger partial charge in [0.25, 0.3) is 0 Å². The van der Waals surface area contributed by atoms with Crippen LogP contribution in [0.2, 0.25) is 0 Å². The minimum Gasteiger partial charge on any atom is -0.508 e. The first kappa shape index (κ1) is 13.9. The van der Waals surface area contributed by atoms with Crippen LogP contribution in [0.3, 0.4) is 0 Å². The van der Waals surface area contributed by atoms with Gasteiger partial charge in [0.1, 0.15) is 12.1 Å². The van der Waals surface area contributed by atoms with E-state index in [1.807, 2.05) is 18.7 Å². The number of hydrogen-bond acceptors (Lipinski definition) is 5. The number of rotatable bonds is 6. The van der Waals surface area contributed by atoms with Crippen molar-refractivity contribution in [2.24, 2.45) is 0 Å². The minimum absolute atomic E-state index is 0.0143. The van der Waals surface area contributed by atoms with Crippen molar-refractivity contribution in [2.45, 2.75) is 32.7 Å². The summed E-state index contributed by atoms with van der Waals surface area (Å²) in [5.74, 6) is -0.672. The van der Waals surface area contributed by atoms with Crippen LogP contribution >= 0.6 is 0 Å². The van der Waals surface area contributed by atoms with Gasteiger partial charge >= 0.3 is 5.69 Å². The Morgan fingerprint density at radius 3 is 2.00 bits per heavy atom. The Hall–Kier alpha value is -3.22. The molecule has 0 amide bonds. The van der Waals surface area contributed by atoms with Gasteiger partial charge in [-0.05, 0) is 61.2 Å². The van der Waals surface area contributed by atoms with Crippen LogP contribution in [0.25, 0.3) is 5.69 Å². The number of phenols is 1. The van der Waals surface area contributed by atoms with Crippen molar-refractivity contribution in [3.63, 3.8) is 0 Å². The summed E-state index contributed by atoms with van der Waals surface area (Å²) in [6, 6.07) is 1.72. The van der Waals surface area contributed by atoms with E-state index in [2.05, 4.69) is 5.10 Å². The van der Waals surface area contributed by atoms with Crippen LogP contribution in [-0.4, -0.2) is 45.6 Å². The maximum absolute atomic E-state index is 12.9. The molecular weight excluding hydrogens is 378 g/mol. The zero-order valence-corrected chi connectivity index (χ0v) is 17.1. The highest BCUT2D eigenvalue weighted by atomic mass is 16.3. The van der Waals surface area contributed by atoms with Gasteiger partial charge in [0, 0.05) is 37.6 Å². The van der Waals surface area contributed by atoms with Crippen molar-refractivity contribution in [3.8, 4) is 11.4 Å². The Kier molecular flexibility index (Phi) is 4.01. The maximum atomic E-state index is 12.9. The van der Waals surface area contributed by atoms with Crippen molar-refractivity contribution in [2.75, 3.05) is 36.0 Å². The first-order valence-electron chi connectivity index (χ1n) is 13.2. The first-order valence-corrected chi connectivity index (χ1v) is 10.2. The molecule has 1 fully saturated rings. The number of phenolic OH excluding ortho intramolecular Hbond substituents is 1. The van der Waals surface area contributed by atoms with Crippen molar-refractivity contribution in [1.29, 1.82) is 0 Å². The highest BCUT2D eigenvalue weighted by Crippen LogP contribution is 2.23. The molecule has 1 aliphatic heterocycles. The van der Waals surface area contributed by atoms with Gasteiger partial charge in [-0.25, -0.2) is 14.0 Å². The van der Waals surface area contributed by atoms with Gasteiger partial charge in [-0.3, -0.25) is 0 Å². The molecule has 2 aromatic carbocycles. The zero-order chi connectivity index (χ0) is 26.3. The SMILES string of the molecule is [3H]c1cc(-n2cnn(C(CC)CC)c2=O)cc([3H])c1N1CCN(c2c([3H])c([3H])c(O)c([3H])c2[3H])CC1. The third-order valence-corrected chi connectivity index (χ3v) is 5.48. The molecule has 0 radical (unpaired) electrons. The predicted molar refractivity (Wildman–Crippen MR) is 120 cm³/mol. The summed E-state index contributed by atoms with van der Waals surface area (Å²) in [7, 11) is 0. The van der Waals surface area contributed by atoms with Crippen molar-refractivity contribution in [3.05, 3.63) is 65.2 Å². The summed E-state index contributed by atoms with van der Waals surface area (Å²) in [6.07, 6.45) is 2.96. The lowest BCUT2D eigenvalue weighted by atomic mass is 10.2. The minimum atomic E-state index is -0.672. The molecule has 158 valence electrons. The number of aromatic nitrogens is 3. The van der Waals surface area contributed by atoms with E-state index >= 15 is 0 Å². The van der Waals surface area contributed by atoms with Gasteiger partial charge in [-0.1, -0.05) is 13.8 Å². The van der Waals surface area contributed by atoms with E-state index in [1.165, 1.54) is 15.6 Å². The molecule has 0 unspecified atom stereocenters. The molecule has 0 bridgehead atoms. The largest absolute Gasteiger partial charge is 0.508 e. The number of benzene rings is 2. The van der Waals surface area contributed by atoms with Crippen LogP contribution in [0, 0.1) is 0 Å². The van der Waals surface area contributed by atoms with E-state index in [0.29, 0.717) is 37.6 Å². The van der Waals surface area contributed by atoms with E-state index in [-0.39, 0.29) is 41.6 Å². The van der Waals surface area contributed by atoms with Crippen molar-refractivity contribution in [1.82, 2.24) is 14.3 Å². The second-order valence-electron chi connectivity index (χ2n) is 7.22. The number of anilines is 2. The second-order valence-corrected chi connectivity index (χ2v) is 7.22. The fourth-order valence-electron chi connectivity index (χ4n) is 3.68. The molecule has 4 rings (SSSR count). The summed E-state index contributed by atoms with van der Waals surface area (Å²) >= 11 is 0. The number of nitrogens with zero attached hydrogens (tertiary/aromatic N) is 5. The van der Waals surface area contributed by atoms with E-state index in [4.69, 9.17) is 8.22 Å². The van der Waals surface area contributed by atoms with E-state index < -0.39 is 17.8 Å². The monoisotopic (exact) mass is 419 g/mol. The Labute approximate surface area is 185 Å². The lowest BCUT2D eigenvalue weighted by Gasteiger charge is -2.37. The van der Waals surface area contributed by atoms with Gasteiger partial charge in [-0.2, -0.15) is 5.10 Å². The molecule has 30 heavy (non-hydrogen) atoms. The van der Waals surface area contributed by atoms with E-state index in [0.717, 1.165) is 12.8 Å². The smallest absolute Gasteiger partial charge is 0.350 e. The first-order chi connectivity index (χ1) is 17.1. The molecule has 1 aliphatic rings. The lowest BCUT2D eigenvalue weighted by Crippen LogP contribution is -2.46. The quantitative estimate of drug-likeness (QED) is 0.663. The molecule has 1 saturated heterocycles. The highest BCUT2D eigenvalue weighted by Gasteiger charge is 2.18. The highest BCUT2D eigenvalue weighted by molar-refractivity contribution is 5.54. The Bertz CT molecular complexity index is 1290. The number of piperazine rings is 1. The molecule has 0 atom stereocenters. The summed E-state index contributed by atoms with van der Waals surface area (Å²) in [5, 5.41) is 14.0. The van der Waals surface area contributed by atoms with Gasteiger partial charge in [0.05, 0.1) is 20.0 Å². The van der Waals surface area contributed by atoms with Crippen LogP contribution in [0.4, 0.5) is 11.4 Å². The second kappa shape index (κ2) is 8.65. The molecule has 0 spiro atoms. The lowest BCUT2D eigenvalue weighted by molar-refractivity contribution is 0.414. The standard InChI is InChI=1S/C23H29N5O2/c1-3-18(4-2)28-23(30)27(17-24-28)21-7-5-19(6-8-21)25-13-15-26(16-14-25)20-9-11-22(29)12-10-20/h5-12,17-18,29H,3-4,13-16H2,1-2H3/i5T,6T,9T,10T,11T,12T. The maximum Gasteiger partial charge on any atom is 0.350 e. The van der Waals surface area contributed by atoms with Gasteiger partial charge < -0.3 is 14.9 Å².